The highest BCUT2D eigenvalue weighted by molar-refractivity contribution is 5.90. The Kier molecular flexibility index (Phi) is 5.74. The number of nitrogens with zero attached hydrogens (tertiary/aromatic N) is 4. The number of carbonyl (C=O) groups excluding carboxylic acids is 1. The minimum Gasteiger partial charge on any atom is -0.495 e. The molecule has 1 aliphatic rings. The lowest BCUT2D eigenvalue weighted by molar-refractivity contribution is 0.154. The topological polar surface area (TPSA) is 83.2 Å². The van der Waals surface area contributed by atoms with E-state index in [0.717, 1.165) is 38.8 Å². The number of methoxy groups -OCH3 is 1. The van der Waals surface area contributed by atoms with Crippen LogP contribution in [0.2, 0.25) is 0 Å². The Balaban J connectivity index is 1.65. The standard InChI is InChI=1S/C19H23N5O2/c1-26-18-7-6-16(13-15(18)14-20)22-19(25)24-11-3-2-5-17(24)8-12-23-10-4-9-21-23/h4,6-7,9-10,13,17H,2-3,5,8,11-12H2,1H3,(H,22,25)/t17-/m0/s1. The van der Waals surface area contributed by atoms with E-state index in [0.29, 0.717) is 17.0 Å². The molecule has 1 fully saturated rings. The van der Waals surface area contributed by atoms with Gasteiger partial charge in [0.15, 0.2) is 0 Å². The lowest BCUT2D eigenvalue weighted by atomic mass is 10.00. The monoisotopic (exact) mass is 353 g/mol. The summed E-state index contributed by atoms with van der Waals surface area (Å²) in [5, 5.41) is 16.3. The Labute approximate surface area is 153 Å². The van der Waals surface area contributed by atoms with Gasteiger partial charge < -0.3 is 15.0 Å². The molecule has 7 nitrogen and oxygen atoms in total. The minimum atomic E-state index is -0.121. The number of amides is 2. The van der Waals surface area contributed by atoms with Crippen LogP contribution in [0.5, 0.6) is 5.75 Å². The predicted octanol–water partition coefficient (Wildman–Crippen LogP) is 3.24. The maximum atomic E-state index is 12.8. The van der Waals surface area contributed by atoms with Gasteiger partial charge in [0.2, 0.25) is 0 Å². The van der Waals surface area contributed by atoms with Crippen molar-refractivity contribution >= 4 is 11.7 Å². The summed E-state index contributed by atoms with van der Waals surface area (Å²) in [4.78, 5) is 14.7. The zero-order valence-corrected chi connectivity index (χ0v) is 14.9. The molecule has 1 aromatic heterocycles. The number of hydrogen-bond acceptors (Lipinski definition) is 4. The van der Waals surface area contributed by atoms with Crippen LogP contribution >= 0.6 is 0 Å². The summed E-state index contributed by atoms with van der Waals surface area (Å²) in [5.41, 5.74) is 1.00. The van der Waals surface area contributed by atoms with E-state index in [1.807, 2.05) is 21.8 Å². The van der Waals surface area contributed by atoms with Crippen LogP contribution in [-0.4, -0.2) is 40.4 Å². The number of piperidine rings is 1. The van der Waals surface area contributed by atoms with Crippen molar-refractivity contribution in [2.75, 3.05) is 19.0 Å². The first-order valence-corrected chi connectivity index (χ1v) is 8.84. The SMILES string of the molecule is COc1ccc(NC(=O)N2CCCC[C@H]2CCn2cccn2)cc1C#N. The molecule has 7 heteroatoms. The number of nitrogens with one attached hydrogen (secondary N) is 1. The number of hydrogen-bond donors (Lipinski definition) is 1. The average Bonchev–Trinajstić information content (AvgIpc) is 3.20. The summed E-state index contributed by atoms with van der Waals surface area (Å²) in [6, 6.07) is 9.15. The molecule has 0 spiro atoms. The number of benzene rings is 1. The molecule has 0 aliphatic carbocycles. The molecule has 0 radical (unpaired) electrons. The van der Waals surface area contributed by atoms with Crippen molar-refractivity contribution in [1.82, 2.24) is 14.7 Å². The highest BCUT2D eigenvalue weighted by Crippen LogP contribution is 2.24. The van der Waals surface area contributed by atoms with Crippen molar-refractivity contribution in [3.8, 4) is 11.8 Å². The van der Waals surface area contributed by atoms with Gasteiger partial charge in [-0.05, 0) is 49.9 Å². The fourth-order valence-electron chi connectivity index (χ4n) is 3.35. The molecule has 136 valence electrons. The van der Waals surface area contributed by atoms with Crippen LogP contribution in [0.25, 0.3) is 0 Å². The number of anilines is 1. The van der Waals surface area contributed by atoms with Crippen LogP contribution in [0.3, 0.4) is 0 Å². The third-order valence-corrected chi connectivity index (χ3v) is 4.71. The molecule has 1 aromatic carbocycles. The third kappa shape index (κ3) is 4.14. The second kappa shape index (κ2) is 8.39. The van der Waals surface area contributed by atoms with Gasteiger partial charge in [-0.2, -0.15) is 10.4 Å². The number of ether oxygens (including phenoxy) is 1. The van der Waals surface area contributed by atoms with Gasteiger partial charge in [0, 0.05) is 37.2 Å². The summed E-state index contributed by atoms with van der Waals surface area (Å²) in [6.07, 6.45) is 7.73. The molecule has 0 unspecified atom stereocenters. The Morgan fingerprint density at radius 3 is 3.08 bits per heavy atom. The maximum Gasteiger partial charge on any atom is 0.322 e. The van der Waals surface area contributed by atoms with Crippen molar-refractivity contribution in [3.05, 3.63) is 42.2 Å². The molecule has 2 heterocycles. The average molecular weight is 353 g/mol. The van der Waals surface area contributed by atoms with E-state index < -0.39 is 0 Å². The molecule has 1 aliphatic heterocycles. The molecule has 3 rings (SSSR count). The molecule has 1 saturated heterocycles. The summed E-state index contributed by atoms with van der Waals surface area (Å²) in [7, 11) is 1.52. The number of rotatable bonds is 5. The van der Waals surface area contributed by atoms with E-state index in [1.165, 1.54) is 7.11 Å². The molecule has 1 N–H and O–H groups in total. The lowest BCUT2D eigenvalue weighted by Gasteiger charge is -2.35. The zero-order valence-electron chi connectivity index (χ0n) is 14.9. The second-order valence-corrected chi connectivity index (χ2v) is 6.36. The van der Waals surface area contributed by atoms with E-state index in [-0.39, 0.29) is 12.1 Å². The smallest absolute Gasteiger partial charge is 0.322 e. The van der Waals surface area contributed by atoms with Gasteiger partial charge in [-0.1, -0.05) is 0 Å². The number of nitriles is 1. The molecule has 1 atom stereocenters. The highest BCUT2D eigenvalue weighted by atomic mass is 16.5. The maximum absolute atomic E-state index is 12.8. The van der Waals surface area contributed by atoms with Crippen LogP contribution < -0.4 is 10.1 Å². The van der Waals surface area contributed by atoms with Crippen molar-refractivity contribution in [2.24, 2.45) is 0 Å². The Morgan fingerprint density at radius 2 is 2.35 bits per heavy atom. The second-order valence-electron chi connectivity index (χ2n) is 6.36. The summed E-state index contributed by atoms with van der Waals surface area (Å²) in [5.74, 6) is 0.501. The van der Waals surface area contributed by atoms with Gasteiger partial charge >= 0.3 is 6.03 Å². The molecule has 26 heavy (non-hydrogen) atoms. The van der Waals surface area contributed by atoms with E-state index in [4.69, 9.17) is 4.74 Å². The molecular weight excluding hydrogens is 330 g/mol. The number of urea groups is 1. The van der Waals surface area contributed by atoms with Crippen LogP contribution in [0.1, 0.15) is 31.2 Å². The largest absolute Gasteiger partial charge is 0.495 e. The van der Waals surface area contributed by atoms with Gasteiger partial charge in [0.25, 0.3) is 0 Å². The van der Waals surface area contributed by atoms with E-state index in [9.17, 15) is 10.1 Å². The van der Waals surface area contributed by atoms with E-state index >= 15 is 0 Å². The van der Waals surface area contributed by atoms with Crippen LogP contribution in [-0.2, 0) is 6.54 Å². The molecule has 2 aromatic rings. The van der Waals surface area contributed by atoms with E-state index in [1.54, 1.807) is 24.4 Å². The van der Waals surface area contributed by atoms with Crippen LogP contribution in [0.15, 0.2) is 36.7 Å². The van der Waals surface area contributed by atoms with Crippen molar-refractivity contribution < 1.29 is 9.53 Å². The number of aromatic nitrogens is 2. The summed E-state index contributed by atoms with van der Waals surface area (Å²) < 4.78 is 7.04. The molecule has 2 amide bonds. The number of likely N-dealkylation sites (tertiary alicyclic amines) is 1. The lowest BCUT2D eigenvalue weighted by Crippen LogP contribution is -2.46. The first-order chi connectivity index (χ1) is 12.7. The van der Waals surface area contributed by atoms with E-state index in [2.05, 4.69) is 16.5 Å². The number of carbonyl (C=O) groups is 1. The van der Waals surface area contributed by atoms with Gasteiger partial charge in [0.1, 0.15) is 11.8 Å². The highest BCUT2D eigenvalue weighted by Gasteiger charge is 2.26. The first-order valence-electron chi connectivity index (χ1n) is 8.84. The number of aryl methyl sites for hydroxylation is 1. The van der Waals surface area contributed by atoms with Gasteiger partial charge in [-0.3, -0.25) is 4.68 Å². The minimum absolute atomic E-state index is 0.121. The van der Waals surface area contributed by atoms with Gasteiger partial charge in [0.05, 0.1) is 12.7 Å². The Hall–Kier alpha value is -3.01. The summed E-state index contributed by atoms with van der Waals surface area (Å²) in [6.45, 7) is 1.54. The predicted molar refractivity (Wildman–Crippen MR) is 97.9 cm³/mol. The summed E-state index contributed by atoms with van der Waals surface area (Å²) >= 11 is 0. The van der Waals surface area contributed by atoms with Crippen LogP contribution in [0.4, 0.5) is 10.5 Å². The normalized spacial score (nSPS) is 16.8. The fraction of sp³-hybridized carbons (Fsp3) is 0.421. The van der Waals surface area contributed by atoms with Gasteiger partial charge in [-0.15, -0.1) is 0 Å². The fourth-order valence-corrected chi connectivity index (χ4v) is 3.35. The quantitative estimate of drug-likeness (QED) is 0.894. The van der Waals surface area contributed by atoms with Crippen molar-refractivity contribution in [3.63, 3.8) is 0 Å². The third-order valence-electron chi connectivity index (χ3n) is 4.71. The molecular formula is C19H23N5O2. The zero-order chi connectivity index (χ0) is 18.4. The Bertz CT molecular complexity index is 782. The van der Waals surface area contributed by atoms with Crippen molar-refractivity contribution in [2.45, 2.75) is 38.3 Å². The van der Waals surface area contributed by atoms with Crippen molar-refractivity contribution in [1.29, 1.82) is 5.26 Å². The Morgan fingerprint density at radius 1 is 1.46 bits per heavy atom. The molecule has 0 bridgehead atoms. The first kappa shape index (κ1) is 17.8. The van der Waals surface area contributed by atoms with Gasteiger partial charge in [-0.25, -0.2) is 4.79 Å². The van der Waals surface area contributed by atoms with Crippen LogP contribution in [0, 0.1) is 11.3 Å². The molecule has 0 saturated carbocycles.